The molecule has 0 amide bonds. The van der Waals surface area contributed by atoms with Crippen LogP contribution in [-0.2, 0) is 5.41 Å². The average molecular weight is 465 g/mol. The molecule has 0 N–H and O–H groups in total. The van der Waals surface area contributed by atoms with E-state index < -0.39 is 0 Å². The van der Waals surface area contributed by atoms with Crippen LogP contribution < -0.4 is 14.2 Å². The Bertz CT molecular complexity index is 949. The number of hydrogen-bond donors (Lipinski definition) is 0. The van der Waals surface area contributed by atoms with Gasteiger partial charge in [-0.25, -0.2) is 0 Å². The highest BCUT2D eigenvalue weighted by Gasteiger charge is 2.23. The van der Waals surface area contributed by atoms with Crippen molar-refractivity contribution in [2.24, 2.45) is 0 Å². The Kier molecular flexibility index (Phi) is 10.9. The lowest BCUT2D eigenvalue weighted by atomic mass is 9.85. The van der Waals surface area contributed by atoms with Crippen LogP contribution in [0.4, 0.5) is 0 Å². The third-order valence-corrected chi connectivity index (χ3v) is 5.32. The third kappa shape index (κ3) is 8.40. The van der Waals surface area contributed by atoms with Gasteiger partial charge in [0, 0.05) is 11.1 Å². The zero-order chi connectivity index (χ0) is 25.0. The van der Waals surface area contributed by atoms with Gasteiger partial charge < -0.3 is 14.2 Å². The van der Waals surface area contributed by atoms with E-state index in [1.165, 1.54) is 0 Å². The summed E-state index contributed by atoms with van der Waals surface area (Å²) in [6.45, 7) is 16.2. The summed E-state index contributed by atoms with van der Waals surface area (Å²) in [5.41, 5.74) is 2.46. The first kappa shape index (κ1) is 27.2. The molecule has 0 fully saturated rings. The van der Waals surface area contributed by atoms with Crippen LogP contribution in [0.15, 0.2) is 55.1 Å². The summed E-state index contributed by atoms with van der Waals surface area (Å²) in [6, 6.07) is 11.2. The highest BCUT2D eigenvalue weighted by molar-refractivity contribution is 6.06. The summed E-state index contributed by atoms with van der Waals surface area (Å²) in [4.78, 5) is 12.8. The molecule has 2 aromatic rings. The number of hydrogen-bond acceptors (Lipinski definition) is 4. The van der Waals surface area contributed by atoms with E-state index in [1.807, 2.05) is 12.1 Å². The molecular weight excluding hydrogens is 424 g/mol. The Balaban J connectivity index is 2.33. The molecule has 0 heterocycles. The van der Waals surface area contributed by atoms with Crippen LogP contribution in [-0.4, -0.2) is 25.6 Å². The van der Waals surface area contributed by atoms with Crippen molar-refractivity contribution < 1.29 is 19.0 Å². The number of carbonyl (C=O) groups is 1. The van der Waals surface area contributed by atoms with E-state index >= 15 is 0 Å². The first-order valence-corrected chi connectivity index (χ1v) is 12.3. The Labute approximate surface area is 205 Å². The lowest BCUT2D eigenvalue weighted by Crippen LogP contribution is -2.15. The normalized spacial score (nSPS) is 11.4. The second-order valence-electron chi connectivity index (χ2n) is 9.37. The Morgan fingerprint density at radius 3 is 2.18 bits per heavy atom. The van der Waals surface area contributed by atoms with Gasteiger partial charge in [0.25, 0.3) is 0 Å². The van der Waals surface area contributed by atoms with Crippen LogP contribution in [0.3, 0.4) is 0 Å². The predicted molar refractivity (Wildman–Crippen MR) is 141 cm³/mol. The van der Waals surface area contributed by atoms with Gasteiger partial charge in [0.15, 0.2) is 17.3 Å². The van der Waals surface area contributed by atoms with Crippen LogP contribution in [0.1, 0.15) is 81.8 Å². The summed E-state index contributed by atoms with van der Waals surface area (Å²) in [5, 5.41) is 0. The SMILES string of the molecule is C=CCOc1ccc(C(=O)C=Cc2cc(OCCCC)c(OCCCC)c(C(C)(C)C)c2)cc1. The smallest absolute Gasteiger partial charge is 0.185 e. The maximum absolute atomic E-state index is 12.8. The molecular formula is C30H40O4. The summed E-state index contributed by atoms with van der Waals surface area (Å²) in [5.74, 6) is 2.20. The standard InChI is InChI=1S/C30H40O4/c1-7-10-19-33-28-22-23(21-26(30(4,5)6)29(28)34-20-11-8-2)12-17-27(31)24-13-15-25(16-14-24)32-18-9-3/h9,12-17,21-22H,3,7-8,10-11,18-20H2,1-2,4-6H3. The van der Waals surface area contributed by atoms with E-state index in [4.69, 9.17) is 14.2 Å². The lowest BCUT2D eigenvalue weighted by Gasteiger charge is -2.25. The van der Waals surface area contributed by atoms with Crippen LogP contribution in [0.2, 0.25) is 0 Å². The fourth-order valence-corrected chi connectivity index (χ4v) is 3.32. The summed E-state index contributed by atoms with van der Waals surface area (Å²) >= 11 is 0. The van der Waals surface area contributed by atoms with Crippen LogP contribution in [0, 0.1) is 0 Å². The summed E-state index contributed by atoms with van der Waals surface area (Å²) in [7, 11) is 0. The van der Waals surface area contributed by atoms with Crippen LogP contribution >= 0.6 is 0 Å². The lowest BCUT2D eigenvalue weighted by molar-refractivity contribution is 0.104. The maximum Gasteiger partial charge on any atom is 0.185 e. The Morgan fingerprint density at radius 2 is 1.59 bits per heavy atom. The number of allylic oxidation sites excluding steroid dienone is 1. The van der Waals surface area contributed by atoms with Crippen molar-refractivity contribution in [2.75, 3.05) is 19.8 Å². The fourth-order valence-electron chi connectivity index (χ4n) is 3.32. The molecule has 0 aliphatic heterocycles. The van der Waals surface area contributed by atoms with E-state index in [1.54, 1.807) is 36.4 Å². The summed E-state index contributed by atoms with van der Waals surface area (Å²) < 4.78 is 17.9. The highest BCUT2D eigenvalue weighted by Crippen LogP contribution is 2.40. The van der Waals surface area contributed by atoms with Crippen LogP contribution in [0.5, 0.6) is 17.2 Å². The number of benzene rings is 2. The second-order valence-corrected chi connectivity index (χ2v) is 9.37. The van der Waals surface area contributed by atoms with Crippen LogP contribution in [0.25, 0.3) is 6.08 Å². The van der Waals surface area contributed by atoms with Crippen molar-refractivity contribution >= 4 is 11.9 Å². The molecule has 0 spiro atoms. The van der Waals surface area contributed by atoms with Crippen molar-refractivity contribution in [1.29, 1.82) is 0 Å². The van der Waals surface area contributed by atoms with E-state index in [0.29, 0.717) is 31.1 Å². The first-order chi connectivity index (χ1) is 16.3. The van der Waals surface area contributed by atoms with Gasteiger partial charge in [-0.15, -0.1) is 0 Å². The molecule has 0 aliphatic rings. The minimum Gasteiger partial charge on any atom is -0.490 e. The molecule has 0 saturated heterocycles. The van der Waals surface area contributed by atoms with Gasteiger partial charge in [0.2, 0.25) is 0 Å². The van der Waals surface area contributed by atoms with E-state index in [-0.39, 0.29) is 11.2 Å². The van der Waals surface area contributed by atoms with Crippen molar-refractivity contribution in [1.82, 2.24) is 0 Å². The average Bonchev–Trinajstić information content (AvgIpc) is 2.82. The molecule has 0 bridgehead atoms. The molecule has 0 radical (unpaired) electrons. The van der Waals surface area contributed by atoms with E-state index in [9.17, 15) is 4.79 Å². The second kappa shape index (κ2) is 13.6. The molecule has 0 saturated carbocycles. The highest BCUT2D eigenvalue weighted by atomic mass is 16.5. The fraction of sp³-hybridized carbons (Fsp3) is 0.433. The molecule has 34 heavy (non-hydrogen) atoms. The van der Waals surface area contributed by atoms with Crippen molar-refractivity contribution in [3.8, 4) is 17.2 Å². The topological polar surface area (TPSA) is 44.8 Å². The summed E-state index contributed by atoms with van der Waals surface area (Å²) in [6.07, 6.45) is 9.24. The minimum absolute atomic E-state index is 0.0655. The Morgan fingerprint density at radius 1 is 0.941 bits per heavy atom. The molecule has 2 aromatic carbocycles. The van der Waals surface area contributed by atoms with Gasteiger partial charge in [-0.1, -0.05) is 66.2 Å². The van der Waals surface area contributed by atoms with Gasteiger partial charge in [-0.2, -0.15) is 0 Å². The monoisotopic (exact) mass is 464 g/mol. The van der Waals surface area contributed by atoms with Gasteiger partial charge in [-0.05, 0) is 66.3 Å². The van der Waals surface area contributed by atoms with Crippen molar-refractivity contribution in [3.63, 3.8) is 0 Å². The van der Waals surface area contributed by atoms with Gasteiger partial charge >= 0.3 is 0 Å². The molecule has 0 atom stereocenters. The number of unbranched alkanes of at least 4 members (excludes halogenated alkanes) is 2. The maximum atomic E-state index is 12.8. The predicted octanol–water partition coefficient (Wildman–Crippen LogP) is 7.80. The number of ether oxygens (including phenoxy) is 3. The number of rotatable bonds is 14. The quantitative estimate of drug-likeness (QED) is 0.124. The van der Waals surface area contributed by atoms with Gasteiger partial charge in [0.05, 0.1) is 13.2 Å². The minimum atomic E-state index is -0.139. The number of carbonyl (C=O) groups excluding carboxylic acids is 1. The molecule has 0 aromatic heterocycles. The number of ketones is 1. The largest absolute Gasteiger partial charge is 0.490 e. The van der Waals surface area contributed by atoms with Crippen molar-refractivity contribution in [2.45, 2.75) is 65.7 Å². The third-order valence-electron chi connectivity index (χ3n) is 5.32. The Hall–Kier alpha value is -3.01. The zero-order valence-electron chi connectivity index (χ0n) is 21.5. The van der Waals surface area contributed by atoms with Crippen molar-refractivity contribution in [3.05, 3.63) is 71.8 Å². The molecule has 4 heteroatoms. The van der Waals surface area contributed by atoms with E-state index in [0.717, 1.165) is 48.3 Å². The molecule has 4 nitrogen and oxygen atoms in total. The molecule has 0 unspecified atom stereocenters. The van der Waals surface area contributed by atoms with E-state index in [2.05, 4.69) is 47.3 Å². The zero-order valence-corrected chi connectivity index (χ0v) is 21.5. The molecule has 184 valence electrons. The van der Waals surface area contributed by atoms with Gasteiger partial charge in [0.1, 0.15) is 12.4 Å². The van der Waals surface area contributed by atoms with Gasteiger partial charge in [-0.3, -0.25) is 4.79 Å². The molecule has 2 rings (SSSR count). The first-order valence-electron chi connectivity index (χ1n) is 12.3. The molecule has 0 aliphatic carbocycles.